The van der Waals surface area contributed by atoms with E-state index in [1.54, 1.807) is 19.3 Å². The van der Waals surface area contributed by atoms with E-state index < -0.39 is 6.09 Å². The van der Waals surface area contributed by atoms with E-state index in [0.29, 0.717) is 36.5 Å². The maximum Gasteiger partial charge on any atom is 0.404 e. The van der Waals surface area contributed by atoms with Gasteiger partial charge in [0.1, 0.15) is 5.75 Å². The van der Waals surface area contributed by atoms with E-state index in [4.69, 9.17) is 14.6 Å². The van der Waals surface area contributed by atoms with Gasteiger partial charge in [-0.3, -0.25) is 4.79 Å². The second kappa shape index (κ2) is 13.5. The molecule has 1 fully saturated rings. The van der Waals surface area contributed by atoms with Crippen LogP contribution in [0.4, 0.5) is 4.79 Å². The normalized spacial score (nSPS) is 16.9. The molecule has 8 nitrogen and oxygen atoms in total. The van der Waals surface area contributed by atoms with Crippen LogP contribution >= 0.6 is 0 Å². The van der Waals surface area contributed by atoms with Gasteiger partial charge in [0.15, 0.2) is 0 Å². The molecule has 8 heteroatoms. The number of benzene rings is 1. The lowest BCUT2D eigenvalue weighted by molar-refractivity contribution is 0.0947. The molecular formula is C29H37N3O5. The number of methoxy groups -OCH3 is 1. The van der Waals surface area contributed by atoms with Crippen LogP contribution in [0.15, 0.2) is 49.6 Å². The SMILES string of the molecule is C=CCCc1cc(C)nc(OC)c1CNC(=O)c1cccc(OC2CCC(NC(=O)O)CC2)c1CC=C. The first-order valence-electron chi connectivity index (χ1n) is 12.7. The Morgan fingerprint density at radius 2 is 1.92 bits per heavy atom. The van der Waals surface area contributed by atoms with Crippen LogP contribution in [-0.2, 0) is 19.4 Å². The smallest absolute Gasteiger partial charge is 0.404 e. The summed E-state index contributed by atoms with van der Waals surface area (Å²) in [5.74, 6) is 0.952. The van der Waals surface area contributed by atoms with E-state index in [-0.39, 0.29) is 24.6 Å². The van der Waals surface area contributed by atoms with Crippen LogP contribution in [0.2, 0.25) is 0 Å². The van der Waals surface area contributed by atoms with Crippen LogP contribution < -0.4 is 20.1 Å². The van der Waals surface area contributed by atoms with Gasteiger partial charge >= 0.3 is 6.09 Å². The molecular weight excluding hydrogens is 470 g/mol. The molecule has 2 aromatic rings. The molecule has 1 saturated carbocycles. The molecule has 0 aliphatic heterocycles. The van der Waals surface area contributed by atoms with Crippen LogP contribution in [0, 0.1) is 6.92 Å². The molecule has 1 aromatic carbocycles. The van der Waals surface area contributed by atoms with Crippen LogP contribution in [0.5, 0.6) is 11.6 Å². The third kappa shape index (κ3) is 7.59. The molecule has 0 atom stereocenters. The average molecular weight is 508 g/mol. The number of nitrogens with one attached hydrogen (secondary N) is 2. The molecule has 0 unspecified atom stereocenters. The molecule has 198 valence electrons. The number of nitrogens with zero attached hydrogens (tertiary/aromatic N) is 1. The summed E-state index contributed by atoms with van der Waals surface area (Å²) in [7, 11) is 1.58. The number of allylic oxidation sites excluding steroid dienone is 2. The van der Waals surface area contributed by atoms with Crippen molar-refractivity contribution in [1.29, 1.82) is 0 Å². The Kier molecular flexibility index (Phi) is 10.1. The van der Waals surface area contributed by atoms with Gasteiger partial charge in [0, 0.05) is 35.0 Å². The van der Waals surface area contributed by atoms with Crippen molar-refractivity contribution in [2.75, 3.05) is 7.11 Å². The van der Waals surface area contributed by atoms with Gasteiger partial charge < -0.3 is 25.2 Å². The molecule has 1 aliphatic rings. The van der Waals surface area contributed by atoms with Gasteiger partial charge in [-0.1, -0.05) is 18.2 Å². The lowest BCUT2D eigenvalue weighted by Crippen LogP contribution is -2.39. The number of carbonyl (C=O) groups is 2. The average Bonchev–Trinajstić information content (AvgIpc) is 2.88. The minimum Gasteiger partial charge on any atom is -0.490 e. The topological polar surface area (TPSA) is 110 Å². The summed E-state index contributed by atoms with van der Waals surface area (Å²) in [6.07, 6.45) is 7.57. The first kappa shape index (κ1) is 27.8. The van der Waals surface area contributed by atoms with Crippen molar-refractivity contribution in [1.82, 2.24) is 15.6 Å². The van der Waals surface area contributed by atoms with Gasteiger partial charge in [-0.15, -0.1) is 13.2 Å². The number of rotatable bonds is 12. The first-order valence-corrected chi connectivity index (χ1v) is 12.7. The highest BCUT2D eigenvalue weighted by Crippen LogP contribution is 2.29. The summed E-state index contributed by atoms with van der Waals surface area (Å²) in [5, 5.41) is 14.5. The Labute approximate surface area is 218 Å². The molecule has 0 radical (unpaired) electrons. The number of carbonyl (C=O) groups excluding carboxylic acids is 1. The number of amides is 2. The van der Waals surface area contributed by atoms with E-state index in [1.165, 1.54) is 0 Å². The van der Waals surface area contributed by atoms with Crippen molar-refractivity contribution < 1.29 is 24.2 Å². The van der Waals surface area contributed by atoms with E-state index in [2.05, 4.69) is 28.8 Å². The lowest BCUT2D eigenvalue weighted by atomic mass is 9.93. The summed E-state index contributed by atoms with van der Waals surface area (Å²) in [6.45, 7) is 9.88. The van der Waals surface area contributed by atoms with Crippen LogP contribution in [0.1, 0.15) is 64.8 Å². The number of hydrogen-bond donors (Lipinski definition) is 3. The molecule has 37 heavy (non-hydrogen) atoms. The van der Waals surface area contributed by atoms with Crippen molar-refractivity contribution in [3.63, 3.8) is 0 Å². The molecule has 0 bridgehead atoms. The van der Waals surface area contributed by atoms with E-state index in [9.17, 15) is 9.59 Å². The van der Waals surface area contributed by atoms with Crippen molar-refractivity contribution in [3.8, 4) is 11.6 Å². The van der Waals surface area contributed by atoms with Crippen LogP contribution in [-0.4, -0.2) is 41.3 Å². The van der Waals surface area contributed by atoms with E-state index in [1.807, 2.05) is 31.2 Å². The Bertz CT molecular complexity index is 1120. The molecule has 1 heterocycles. The molecule has 3 N–H and O–H groups in total. The molecule has 0 spiro atoms. The maximum atomic E-state index is 13.4. The molecule has 1 aliphatic carbocycles. The van der Waals surface area contributed by atoms with Gasteiger partial charge in [0.05, 0.1) is 13.2 Å². The first-order chi connectivity index (χ1) is 17.9. The standard InChI is InChI=1S/C29H37N3O5/c1-5-7-10-20-17-19(3)31-28(36-4)25(20)18-30-27(33)24-11-8-12-26(23(24)9-6-2)37-22-15-13-21(14-16-22)32-29(34)35/h5-6,8,11-12,17,21-22,32H,1-2,7,9-10,13-16,18H2,3-4H3,(H,30,33)(H,34,35). The van der Waals surface area contributed by atoms with Gasteiger partial charge in [0.2, 0.25) is 5.88 Å². The fourth-order valence-corrected chi connectivity index (χ4v) is 4.76. The minimum absolute atomic E-state index is 0.0379. The van der Waals surface area contributed by atoms with Crippen LogP contribution in [0.25, 0.3) is 0 Å². The fraction of sp³-hybridized carbons (Fsp3) is 0.414. The zero-order valence-electron chi connectivity index (χ0n) is 21.7. The molecule has 0 saturated heterocycles. The van der Waals surface area contributed by atoms with E-state index >= 15 is 0 Å². The highest BCUT2D eigenvalue weighted by atomic mass is 16.5. The molecule has 1 aromatic heterocycles. The van der Waals surface area contributed by atoms with Crippen LogP contribution in [0.3, 0.4) is 0 Å². The monoisotopic (exact) mass is 507 g/mol. The largest absolute Gasteiger partial charge is 0.490 e. The summed E-state index contributed by atoms with van der Waals surface area (Å²) in [6, 6.07) is 7.45. The predicted molar refractivity (Wildman–Crippen MR) is 143 cm³/mol. The Hall–Kier alpha value is -3.81. The number of aromatic nitrogens is 1. The lowest BCUT2D eigenvalue weighted by Gasteiger charge is -2.29. The van der Waals surface area contributed by atoms with Crippen molar-refractivity contribution >= 4 is 12.0 Å². The van der Waals surface area contributed by atoms with Gasteiger partial charge in [-0.05, 0) is 75.6 Å². The van der Waals surface area contributed by atoms with Crippen molar-refractivity contribution in [2.24, 2.45) is 0 Å². The zero-order valence-corrected chi connectivity index (χ0v) is 21.7. The summed E-state index contributed by atoms with van der Waals surface area (Å²) < 4.78 is 11.8. The number of ether oxygens (including phenoxy) is 2. The van der Waals surface area contributed by atoms with Gasteiger partial charge in [-0.25, -0.2) is 9.78 Å². The van der Waals surface area contributed by atoms with E-state index in [0.717, 1.165) is 48.1 Å². The Morgan fingerprint density at radius 1 is 1.16 bits per heavy atom. The maximum absolute atomic E-state index is 13.4. The predicted octanol–water partition coefficient (Wildman–Crippen LogP) is 5.13. The van der Waals surface area contributed by atoms with Gasteiger partial charge in [-0.2, -0.15) is 0 Å². The quantitative estimate of drug-likeness (QED) is 0.344. The highest BCUT2D eigenvalue weighted by Gasteiger charge is 2.25. The second-order valence-corrected chi connectivity index (χ2v) is 9.24. The Morgan fingerprint density at radius 3 is 2.57 bits per heavy atom. The summed E-state index contributed by atoms with van der Waals surface area (Å²) >= 11 is 0. The van der Waals surface area contributed by atoms with Crippen molar-refractivity contribution in [3.05, 3.63) is 77.5 Å². The van der Waals surface area contributed by atoms with Gasteiger partial charge in [0.25, 0.3) is 5.91 Å². The summed E-state index contributed by atoms with van der Waals surface area (Å²) in [5.41, 5.74) is 4.09. The Balaban J connectivity index is 1.76. The summed E-state index contributed by atoms with van der Waals surface area (Å²) in [4.78, 5) is 28.8. The highest BCUT2D eigenvalue weighted by molar-refractivity contribution is 5.96. The zero-order chi connectivity index (χ0) is 26.8. The van der Waals surface area contributed by atoms with Crippen molar-refractivity contribution in [2.45, 2.75) is 70.6 Å². The number of pyridine rings is 1. The third-order valence-corrected chi connectivity index (χ3v) is 6.57. The number of aryl methyl sites for hydroxylation is 2. The minimum atomic E-state index is -0.997. The third-order valence-electron chi connectivity index (χ3n) is 6.57. The fourth-order valence-electron chi connectivity index (χ4n) is 4.76. The second-order valence-electron chi connectivity index (χ2n) is 9.24. The molecule has 3 rings (SSSR count). The number of hydrogen-bond acceptors (Lipinski definition) is 5. The molecule has 2 amide bonds. The number of carboxylic acid groups (broad SMARTS) is 1.